The average Bonchev–Trinajstić information content (AvgIpc) is 3.29. The average molecular weight is 352 g/mol. The van der Waals surface area contributed by atoms with Gasteiger partial charge < -0.3 is 14.1 Å². The van der Waals surface area contributed by atoms with Crippen LogP contribution in [0, 0.1) is 0 Å². The molecule has 4 rings (SSSR count). The van der Waals surface area contributed by atoms with Crippen LogP contribution in [-0.2, 0) is 35.6 Å². The van der Waals surface area contributed by atoms with Crippen molar-refractivity contribution >= 4 is 5.91 Å². The van der Waals surface area contributed by atoms with E-state index in [1.165, 1.54) is 0 Å². The maximum Gasteiger partial charge on any atom is 0.230 e. The summed E-state index contributed by atoms with van der Waals surface area (Å²) < 4.78 is 13.3. The minimum Gasteiger partial charge on any atom is -0.469 e. The highest BCUT2D eigenvalue weighted by Gasteiger charge is 2.26. The molecule has 1 unspecified atom stereocenters. The summed E-state index contributed by atoms with van der Waals surface area (Å²) in [5, 5.41) is 4.36. The predicted octanol–water partition coefficient (Wildman–Crippen LogP) is 2.04. The Labute approximate surface area is 151 Å². The molecule has 0 fully saturated rings. The third kappa shape index (κ3) is 3.83. The van der Waals surface area contributed by atoms with E-state index < -0.39 is 0 Å². The number of fused-ring (bicyclic) bond motifs is 1. The van der Waals surface area contributed by atoms with Crippen LogP contribution in [0.4, 0.5) is 0 Å². The summed E-state index contributed by atoms with van der Waals surface area (Å²) in [7, 11) is 0. The Balaban J connectivity index is 1.47. The summed E-state index contributed by atoms with van der Waals surface area (Å²) in [6.07, 6.45) is 6.97. The van der Waals surface area contributed by atoms with Gasteiger partial charge in [0, 0.05) is 25.1 Å². The second-order valence-electron chi connectivity index (χ2n) is 6.33. The van der Waals surface area contributed by atoms with E-state index in [0.29, 0.717) is 32.0 Å². The number of rotatable bonds is 5. The molecular formula is C19H20N4O3. The minimum absolute atomic E-state index is 0.0181. The molecule has 134 valence electrons. The summed E-state index contributed by atoms with van der Waals surface area (Å²) in [5.41, 5.74) is 2.01. The molecule has 0 bridgehead atoms. The third-order valence-electron chi connectivity index (χ3n) is 4.42. The molecule has 0 aliphatic carbocycles. The van der Waals surface area contributed by atoms with Gasteiger partial charge in [0.1, 0.15) is 5.76 Å². The van der Waals surface area contributed by atoms with Gasteiger partial charge in [0.15, 0.2) is 0 Å². The Bertz CT molecular complexity index is 845. The number of aromatic nitrogens is 3. The molecule has 4 heterocycles. The van der Waals surface area contributed by atoms with Gasteiger partial charge >= 0.3 is 0 Å². The van der Waals surface area contributed by atoms with Crippen molar-refractivity contribution in [2.75, 3.05) is 6.54 Å². The van der Waals surface area contributed by atoms with E-state index in [2.05, 4.69) is 10.1 Å². The van der Waals surface area contributed by atoms with Crippen LogP contribution in [0.2, 0.25) is 0 Å². The normalized spacial score (nSPS) is 16.9. The van der Waals surface area contributed by atoms with E-state index in [-0.39, 0.29) is 18.4 Å². The number of pyridine rings is 1. The van der Waals surface area contributed by atoms with Crippen LogP contribution in [0.15, 0.2) is 59.6 Å². The molecule has 0 saturated heterocycles. The Morgan fingerprint density at radius 3 is 3.00 bits per heavy atom. The Morgan fingerprint density at radius 1 is 1.23 bits per heavy atom. The lowest BCUT2D eigenvalue weighted by molar-refractivity contribution is -0.133. The molecule has 7 nitrogen and oxygen atoms in total. The molecule has 0 radical (unpaired) electrons. The number of amides is 1. The van der Waals surface area contributed by atoms with Crippen molar-refractivity contribution in [3.05, 3.63) is 72.2 Å². The molecule has 7 heteroatoms. The molecule has 1 atom stereocenters. The van der Waals surface area contributed by atoms with Gasteiger partial charge in [-0.15, -0.1) is 0 Å². The highest BCUT2D eigenvalue weighted by molar-refractivity contribution is 5.78. The van der Waals surface area contributed by atoms with Crippen LogP contribution in [0.25, 0.3) is 0 Å². The van der Waals surface area contributed by atoms with Gasteiger partial charge in [0.25, 0.3) is 0 Å². The monoisotopic (exact) mass is 352 g/mol. The van der Waals surface area contributed by atoms with Crippen molar-refractivity contribution in [2.24, 2.45) is 0 Å². The molecular weight excluding hydrogens is 332 g/mol. The molecule has 1 amide bonds. The van der Waals surface area contributed by atoms with Crippen LogP contribution in [0.3, 0.4) is 0 Å². The largest absolute Gasteiger partial charge is 0.469 e. The molecule has 0 aromatic carbocycles. The van der Waals surface area contributed by atoms with Crippen molar-refractivity contribution < 1.29 is 13.9 Å². The van der Waals surface area contributed by atoms with E-state index in [0.717, 1.165) is 11.3 Å². The van der Waals surface area contributed by atoms with Crippen LogP contribution < -0.4 is 0 Å². The number of carbonyl (C=O) groups excluding carboxylic acids is 1. The van der Waals surface area contributed by atoms with Crippen molar-refractivity contribution in [1.29, 1.82) is 0 Å². The van der Waals surface area contributed by atoms with Crippen molar-refractivity contribution in [2.45, 2.75) is 32.2 Å². The molecule has 0 spiro atoms. The molecule has 26 heavy (non-hydrogen) atoms. The molecule has 0 N–H and O–H groups in total. The second kappa shape index (κ2) is 7.53. The van der Waals surface area contributed by atoms with E-state index in [1.807, 2.05) is 33.8 Å². The van der Waals surface area contributed by atoms with Gasteiger partial charge in [-0.05, 0) is 29.8 Å². The molecule has 0 saturated carbocycles. The lowest BCUT2D eigenvalue weighted by atomic mass is 10.2. The van der Waals surface area contributed by atoms with E-state index in [4.69, 9.17) is 9.15 Å². The maximum absolute atomic E-state index is 12.7. The lowest BCUT2D eigenvalue weighted by Crippen LogP contribution is -2.38. The summed E-state index contributed by atoms with van der Waals surface area (Å²) in [5.74, 6) is 0.685. The SMILES string of the molecule is O=C(Cc1ccco1)N1Cc2ccnn2CC(OCc2cccnc2)C1. The second-order valence-corrected chi connectivity index (χ2v) is 6.33. The quantitative estimate of drug-likeness (QED) is 0.703. The number of ether oxygens (including phenoxy) is 1. The van der Waals surface area contributed by atoms with Gasteiger partial charge in [-0.3, -0.25) is 14.5 Å². The zero-order valence-electron chi connectivity index (χ0n) is 14.3. The van der Waals surface area contributed by atoms with E-state index in [1.54, 1.807) is 30.9 Å². The first-order chi connectivity index (χ1) is 12.8. The molecule has 3 aromatic heterocycles. The molecule has 3 aromatic rings. The van der Waals surface area contributed by atoms with E-state index in [9.17, 15) is 4.79 Å². The zero-order chi connectivity index (χ0) is 17.8. The summed E-state index contributed by atoms with van der Waals surface area (Å²) in [4.78, 5) is 18.7. The highest BCUT2D eigenvalue weighted by atomic mass is 16.5. The van der Waals surface area contributed by atoms with Crippen molar-refractivity contribution in [3.8, 4) is 0 Å². The standard InChI is InChI=1S/C19H20N4O3/c24-19(9-17-4-2-8-25-17)22-11-16-5-7-21-23(16)13-18(12-22)26-14-15-3-1-6-20-10-15/h1-8,10,18H,9,11-14H2. The number of hydrogen-bond acceptors (Lipinski definition) is 5. The number of furan rings is 1. The minimum atomic E-state index is -0.142. The fourth-order valence-electron chi connectivity index (χ4n) is 3.08. The lowest BCUT2D eigenvalue weighted by Gasteiger charge is -2.24. The zero-order valence-corrected chi connectivity index (χ0v) is 14.3. The smallest absolute Gasteiger partial charge is 0.230 e. The Morgan fingerprint density at radius 2 is 2.19 bits per heavy atom. The summed E-state index contributed by atoms with van der Waals surface area (Å²) in [6, 6.07) is 9.41. The number of carbonyl (C=O) groups is 1. The Hall–Kier alpha value is -2.93. The third-order valence-corrected chi connectivity index (χ3v) is 4.42. The fourth-order valence-corrected chi connectivity index (χ4v) is 3.08. The summed E-state index contributed by atoms with van der Waals surface area (Å²) >= 11 is 0. The van der Waals surface area contributed by atoms with Gasteiger partial charge in [-0.2, -0.15) is 5.10 Å². The van der Waals surface area contributed by atoms with Gasteiger partial charge in [-0.25, -0.2) is 0 Å². The first-order valence-corrected chi connectivity index (χ1v) is 8.59. The van der Waals surface area contributed by atoms with Crippen LogP contribution in [0.1, 0.15) is 17.0 Å². The molecule has 1 aliphatic heterocycles. The van der Waals surface area contributed by atoms with Gasteiger partial charge in [-0.1, -0.05) is 6.07 Å². The van der Waals surface area contributed by atoms with Crippen LogP contribution in [-0.4, -0.2) is 38.2 Å². The Kier molecular flexibility index (Phi) is 4.79. The van der Waals surface area contributed by atoms with Crippen molar-refractivity contribution in [3.63, 3.8) is 0 Å². The van der Waals surface area contributed by atoms with Crippen molar-refractivity contribution in [1.82, 2.24) is 19.7 Å². The molecule has 1 aliphatic rings. The fraction of sp³-hybridized carbons (Fsp3) is 0.316. The van der Waals surface area contributed by atoms with Crippen LogP contribution >= 0.6 is 0 Å². The highest BCUT2D eigenvalue weighted by Crippen LogP contribution is 2.16. The van der Waals surface area contributed by atoms with E-state index >= 15 is 0 Å². The topological polar surface area (TPSA) is 73.4 Å². The van der Waals surface area contributed by atoms with Crippen LogP contribution in [0.5, 0.6) is 0 Å². The first kappa shape index (κ1) is 16.5. The van der Waals surface area contributed by atoms with Gasteiger partial charge in [0.2, 0.25) is 5.91 Å². The van der Waals surface area contributed by atoms with Gasteiger partial charge in [0.05, 0.1) is 44.2 Å². The first-order valence-electron chi connectivity index (χ1n) is 8.59. The summed E-state index contributed by atoms with van der Waals surface area (Å²) in [6.45, 7) is 2.11. The maximum atomic E-state index is 12.7. The predicted molar refractivity (Wildman–Crippen MR) is 92.9 cm³/mol. The number of hydrogen-bond donors (Lipinski definition) is 0. The number of nitrogens with zero attached hydrogens (tertiary/aromatic N) is 4.